The molecule has 2 heterocycles. The molecule has 1 fully saturated rings. The standard InChI is InChI=1S/C19H24N2O2/c1-20-19(22)14-3-5-18-16(11-14)15-10-13(2-4-17(15)21-18)12-6-8-23-9-7-12/h3,5,11-13,21H,2,4,6-10H2,1H3,(H,20,22). The number of hydrogen-bond acceptors (Lipinski definition) is 2. The maximum Gasteiger partial charge on any atom is 0.251 e. The first kappa shape index (κ1) is 14.8. The zero-order chi connectivity index (χ0) is 15.8. The largest absolute Gasteiger partial charge is 0.381 e. The van der Waals surface area contributed by atoms with Gasteiger partial charge in [0.2, 0.25) is 0 Å². The average Bonchev–Trinajstić information content (AvgIpc) is 2.98. The van der Waals surface area contributed by atoms with E-state index in [-0.39, 0.29) is 5.91 Å². The quantitative estimate of drug-likeness (QED) is 0.895. The highest BCUT2D eigenvalue weighted by Gasteiger charge is 2.29. The van der Waals surface area contributed by atoms with Crippen molar-refractivity contribution in [1.29, 1.82) is 0 Å². The van der Waals surface area contributed by atoms with E-state index >= 15 is 0 Å². The molecule has 1 unspecified atom stereocenters. The lowest BCUT2D eigenvalue weighted by molar-refractivity contribution is 0.0439. The molecule has 1 aromatic carbocycles. The Hall–Kier alpha value is -1.81. The zero-order valence-electron chi connectivity index (χ0n) is 13.7. The minimum absolute atomic E-state index is 0.0151. The first-order valence-corrected chi connectivity index (χ1v) is 8.69. The lowest BCUT2D eigenvalue weighted by Gasteiger charge is -2.33. The fourth-order valence-corrected chi connectivity index (χ4v) is 4.32. The minimum Gasteiger partial charge on any atom is -0.381 e. The second-order valence-electron chi connectivity index (χ2n) is 6.87. The zero-order valence-corrected chi connectivity index (χ0v) is 13.7. The highest BCUT2D eigenvalue weighted by atomic mass is 16.5. The third-order valence-electron chi connectivity index (χ3n) is 5.65. The summed E-state index contributed by atoms with van der Waals surface area (Å²) in [5.74, 6) is 1.54. The number of carbonyl (C=O) groups is 1. The number of hydrogen-bond donors (Lipinski definition) is 2. The third-order valence-corrected chi connectivity index (χ3v) is 5.65. The van der Waals surface area contributed by atoms with Crippen molar-refractivity contribution in [2.45, 2.75) is 32.1 Å². The van der Waals surface area contributed by atoms with Crippen LogP contribution < -0.4 is 5.32 Å². The van der Waals surface area contributed by atoms with Gasteiger partial charge in [-0.3, -0.25) is 4.79 Å². The normalized spacial score (nSPS) is 22.0. The molecule has 1 atom stereocenters. The molecule has 4 heteroatoms. The Morgan fingerprint density at radius 3 is 2.83 bits per heavy atom. The predicted molar refractivity (Wildman–Crippen MR) is 90.7 cm³/mol. The number of carbonyl (C=O) groups excluding carboxylic acids is 1. The Bertz CT molecular complexity index is 728. The van der Waals surface area contributed by atoms with Crippen LogP contribution in [0.5, 0.6) is 0 Å². The number of aryl methyl sites for hydroxylation is 1. The van der Waals surface area contributed by atoms with Crippen molar-refractivity contribution in [3.8, 4) is 0 Å². The summed E-state index contributed by atoms with van der Waals surface area (Å²) in [6.45, 7) is 1.84. The summed E-state index contributed by atoms with van der Waals surface area (Å²) in [6, 6.07) is 6.00. The van der Waals surface area contributed by atoms with E-state index in [0.29, 0.717) is 0 Å². The van der Waals surface area contributed by atoms with E-state index in [2.05, 4.69) is 16.4 Å². The average molecular weight is 312 g/mol. The molecule has 0 radical (unpaired) electrons. The molecule has 1 saturated heterocycles. The number of nitrogens with one attached hydrogen (secondary N) is 2. The first-order valence-electron chi connectivity index (χ1n) is 8.69. The van der Waals surface area contributed by atoms with E-state index in [1.54, 1.807) is 7.05 Å². The molecule has 1 amide bonds. The number of aromatic nitrogens is 1. The van der Waals surface area contributed by atoms with Gasteiger partial charge in [-0.25, -0.2) is 0 Å². The predicted octanol–water partition coefficient (Wildman–Crippen LogP) is 3.06. The first-order chi connectivity index (χ1) is 11.3. The SMILES string of the molecule is CNC(=O)c1ccc2[nH]c3c(c2c1)CC(C1CCOCC1)CC3. The summed E-state index contributed by atoms with van der Waals surface area (Å²) in [5.41, 5.74) is 4.72. The van der Waals surface area contributed by atoms with Crippen LogP contribution in [0.15, 0.2) is 18.2 Å². The Morgan fingerprint density at radius 2 is 2.04 bits per heavy atom. The Balaban J connectivity index is 1.67. The molecule has 0 spiro atoms. The van der Waals surface area contributed by atoms with Gasteiger partial charge in [-0.05, 0) is 67.7 Å². The maximum atomic E-state index is 11.9. The lowest BCUT2D eigenvalue weighted by atomic mass is 9.75. The van der Waals surface area contributed by atoms with E-state index in [1.807, 2.05) is 12.1 Å². The summed E-state index contributed by atoms with van der Waals surface area (Å²) in [7, 11) is 1.68. The van der Waals surface area contributed by atoms with Crippen LogP contribution in [0, 0.1) is 11.8 Å². The Kier molecular flexibility index (Phi) is 3.85. The van der Waals surface area contributed by atoms with Gasteiger partial charge >= 0.3 is 0 Å². The monoisotopic (exact) mass is 312 g/mol. The van der Waals surface area contributed by atoms with E-state index < -0.39 is 0 Å². The summed E-state index contributed by atoms with van der Waals surface area (Å²) in [4.78, 5) is 15.5. The van der Waals surface area contributed by atoms with Gasteiger partial charge < -0.3 is 15.0 Å². The molecule has 2 aliphatic rings. The van der Waals surface area contributed by atoms with Gasteiger partial charge in [-0.15, -0.1) is 0 Å². The molecule has 1 aliphatic heterocycles. The fraction of sp³-hybridized carbons (Fsp3) is 0.526. The van der Waals surface area contributed by atoms with Gasteiger partial charge in [0.25, 0.3) is 5.91 Å². The minimum atomic E-state index is -0.0151. The van der Waals surface area contributed by atoms with Crippen molar-refractivity contribution in [1.82, 2.24) is 10.3 Å². The Labute approximate surface area is 136 Å². The number of H-pyrrole nitrogens is 1. The molecule has 1 aromatic heterocycles. The maximum absolute atomic E-state index is 11.9. The molecule has 2 N–H and O–H groups in total. The van der Waals surface area contributed by atoms with E-state index in [0.717, 1.165) is 49.0 Å². The van der Waals surface area contributed by atoms with Gasteiger partial charge in [0, 0.05) is 42.4 Å². The topological polar surface area (TPSA) is 54.1 Å². The number of ether oxygens (including phenoxy) is 1. The van der Waals surface area contributed by atoms with E-state index in [1.165, 1.54) is 35.9 Å². The van der Waals surface area contributed by atoms with Gasteiger partial charge in [0.15, 0.2) is 0 Å². The van der Waals surface area contributed by atoms with Gasteiger partial charge in [0.1, 0.15) is 0 Å². The van der Waals surface area contributed by atoms with Crippen molar-refractivity contribution in [2.24, 2.45) is 11.8 Å². The van der Waals surface area contributed by atoms with Crippen molar-refractivity contribution in [2.75, 3.05) is 20.3 Å². The number of benzene rings is 1. The van der Waals surface area contributed by atoms with Gasteiger partial charge in [-0.2, -0.15) is 0 Å². The molecular weight excluding hydrogens is 288 g/mol. The molecule has 122 valence electrons. The summed E-state index contributed by atoms with van der Waals surface area (Å²) >= 11 is 0. The highest BCUT2D eigenvalue weighted by Crippen LogP contribution is 2.38. The van der Waals surface area contributed by atoms with E-state index in [9.17, 15) is 4.79 Å². The number of rotatable bonds is 2. The van der Waals surface area contributed by atoms with Crippen LogP contribution in [-0.2, 0) is 17.6 Å². The van der Waals surface area contributed by atoms with Gasteiger partial charge in [-0.1, -0.05) is 0 Å². The lowest BCUT2D eigenvalue weighted by Crippen LogP contribution is -2.27. The summed E-state index contributed by atoms with van der Waals surface area (Å²) in [5, 5.41) is 3.95. The van der Waals surface area contributed by atoms with Crippen LogP contribution in [0.4, 0.5) is 0 Å². The van der Waals surface area contributed by atoms with Crippen LogP contribution >= 0.6 is 0 Å². The smallest absolute Gasteiger partial charge is 0.251 e. The second-order valence-corrected chi connectivity index (χ2v) is 6.87. The fourth-order valence-electron chi connectivity index (χ4n) is 4.32. The molecule has 4 rings (SSSR count). The van der Waals surface area contributed by atoms with Crippen molar-refractivity contribution < 1.29 is 9.53 Å². The number of fused-ring (bicyclic) bond motifs is 3. The van der Waals surface area contributed by atoms with Crippen LogP contribution in [0.25, 0.3) is 10.9 Å². The van der Waals surface area contributed by atoms with Crippen molar-refractivity contribution >= 4 is 16.8 Å². The molecule has 0 bridgehead atoms. The number of aromatic amines is 1. The molecule has 4 nitrogen and oxygen atoms in total. The van der Waals surface area contributed by atoms with Crippen LogP contribution in [0.3, 0.4) is 0 Å². The van der Waals surface area contributed by atoms with Crippen LogP contribution in [0.2, 0.25) is 0 Å². The molecule has 2 aromatic rings. The van der Waals surface area contributed by atoms with Crippen molar-refractivity contribution in [3.05, 3.63) is 35.0 Å². The summed E-state index contributed by atoms with van der Waals surface area (Å²) in [6.07, 6.45) is 5.93. The Morgan fingerprint density at radius 1 is 1.22 bits per heavy atom. The second kappa shape index (κ2) is 6.00. The van der Waals surface area contributed by atoms with E-state index in [4.69, 9.17) is 4.74 Å². The summed E-state index contributed by atoms with van der Waals surface area (Å²) < 4.78 is 5.52. The van der Waals surface area contributed by atoms with Crippen LogP contribution in [-0.4, -0.2) is 31.2 Å². The molecule has 1 aliphatic carbocycles. The third kappa shape index (κ3) is 2.65. The van der Waals surface area contributed by atoms with Crippen molar-refractivity contribution in [3.63, 3.8) is 0 Å². The molecular formula is C19H24N2O2. The number of amides is 1. The highest BCUT2D eigenvalue weighted by molar-refractivity contribution is 5.99. The molecule has 23 heavy (non-hydrogen) atoms. The molecule has 0 saturated carbocycles. The van der Waals surface area contributed by atoms with Gasteiger partial charge in [0.05, 0.1) is 0 Å². The van der Waals surface area contributed by atoms with Crippen LogP contribution in [0.1, 0.15) is 40.9 Å².